The summed E-state index contributed by atoms with van der Waals surface area (Å²) in [6, 6.07) is 17.6. The van der Waals surface area contributed by atoms with Crippen LogP contribution < -0.4 is 4.74 Å². The fraction of sp³-hybridized carbons (Fsp3) is 0.0952. The highest BCUT2D eigenvalue weighted by atomic mass is 32.2. The van der Waals surface area contributed by atoms with Crippen molar-refractivity contribution in [1.29, 1.82) is 5.41 Å². The van der Waals surface area contributed by atoms with E-state index in [-0.39, 0.29) is 5.78 Å². The van der Waals surface area contributed by atoms with Crippen LogP contribution in [0, 0.1) is 5.41 Å². The molecule has 6 heteroatoms. The predicted octanol–water partition coefficient (Wildman–Crippen LogP) is 5.14. The summed E-state index contributed by atoms with van der Waals surface area (Å²) >= 11 is 2.63. The highest BCUT2D eigenvalue weighted by Gasteiger charge is 2.38. The van der Waals surface area contributed by atoms with Crippen molar-refractivity contribution >= 4 is 40.0 Å². The van der Waals surface area contributed by atoms with Gasteiger partial charge in [0.25, 0.3) is 0 Å². The topological polar surface area (TPSA) is 63.0 Å². The molecule has 0 aliphatic carbocycles. The Hall–Kier alpha value is -2.70. The Bertz CT molecular complexity index is 981. The number of aromatic nitrogens is 1. The summed E-state index contributed by atoms with van der Waals surface area (Å²) in [6.07, 6.45) is 3.50. The lowest BCUT2D eigenvalue weighted by Crippen LogP contribution is -2.11. The van der Waals surface area contributed by atoms with E-state index in [4.69, 9.17) is 10.1 Å². The van der Waals surface area contributed by atoms with Crippen LogP contribution in [0.5, 0.6) is 5.75 Å². The molecule has 1 fully saturated rings. The molecular weight excluding hydrogens is 376 g/mol. The third-order valence-electron chi connectivity index (χ3n) is 4.11. The Morgan fingerprint density at radius 3 is 2.59 bits per heavy atom. The normalized spacial score (nSPS) is 18.2. The van der Waals surface area contributed by atoms with Gasteiger partial charge < -0.3 is 4.74 Å². The molecule has 0 saturated carbocycles. The van der Waals surface area contributed by atoms with Crippen LogP contribution in [0.4, 0.5) is 0 Å². The van der Waals surface area contributed by atoms with E-state index in [9.17, 15) is 4.79 Å². The van der Waals surface area contributed by atoms with Gasteiger partial charge in [0.05, 0.1) is 9.95 Å². The van der Waals surface area contributed by atoms with E-state index < -0.39 is 5.92 Å². The standard InChI is InChI=1S/C21H16N2O2S2/c22-20-18(21-23-10-11-26-21)19(24)17(27-20)12-14-6-8-16(9-7-14)25-13-15-4-2-1-3-5-15/h1-12,18,22H,13H2/b17-12-,22-20?/t18-/m1/s1. The van der Waals surface area contributed by atoms with Crippen molar-refractivity contribution in [3.8, 4) is 5.75 Å². The summed E-state index contributed by atoms with van der Waals surface area (Å²) < 4.78 is 5.79. The molecule has 3 aromatic rings. The van der Waals surface area contributed by atoms with Crippen molar-refractivity contribution < 1.29 is 9.53 Å². The first kappa shape index (κ1) is 17.7. The van der Waals surface area contributed by atoms with Crippen LogP contribution in [0.1, 0.15) is 22.1 Å². The van der Waals surface area contributed by atoms with Crippen molar-refractivity contribution in [1.82, 2.24) is 4.98 Å². The Kier molecular flexibility index (Phi) is 5.18. The van der Waals surface area contributed by atoms with Gasteiger partial charge in [-0.2, -0.15) is 0 Å². The van der Waals surface area contributed by atoms with Crippen LogP contribution in [0.3, 0.4) is 0 Å². The molecule has 1 aliphatic rings. The molecule has 0 unspecified atom stereocenters. The van der Waals surface area contributed by atoms with E-state index in [1.807, 2.05) is 66.1 Å². The summed E-state index contributed by atoms with van der Waals surface area (Å²) in [5.74, 6) is 0.180. The number of benzene rings is 2. The number of thiazole rings is 1. The Balaban J connectivity index is 1.45. The molecule has 1 atom stereocenters. The van der Waals surface area contributed by atoms with Gasteiger partial charge in [0, 0.05) is 11.6 Å². The number of carbonyl (C=O) groups excluding carboxylic acids is 1. The quantitative estimate of drug-likeness (QED) is 0.611. The molecule has 0 radical (unpaired) electrons. The van der Waals surface area contributed by atoms with Crippen LogP contribution in [-0.4, -0.2) is 15.8 Å². The zero-order valence-electron chi connectivity index (χ0n) is 14.3. The summed E-state index contributed by atoms with van der Waals surface area (Å²) in [5, 5.41) is 11.0. The van der Waals surface area contributed by atoms with Crippen LogP contribution in [0.2, 0.25) is 0 Å². The minimum atomic E-state index is -0.547. The summed E-state index contributed by atoms with van der Waals surface area (Å²) in [6.45, 7) is 0.516. The molecule has 27 heavy (non-hydrogen) atoms. The van der Waals surface area contributed by atoms with Gasteiger partial charge in [0.2, 0.25) is 0 Å². The van der Waals surface area contributed by atoms with Crippen LogP contribution in [-0.2, 0) is 11.4 Å². The number of nitrogens with zero attached hydrogens (tertiary/aromatic N) is 1. The van der Waals surface area contributed by atoms with E-state index >= 15 is 0 Å². The van der Waals surface area contributed by atoms with Crippen LogP contribution in [0.15, 0.2) is 71.1 Å². The average molecular weight is 393 g/mol. The first-order valence-corrected chi connectivity index (χ1v) is 10.1. The average Bonchev–Trinajstić information content (AvgIpc) is 3.30. The van der Waals surface area contributed by atoms with Gasteiger partial charge in [-0.05, 0) is 29.3 Å². The molecule has 0 bridgehead atoms. The molecule has 2 aromatic carbocycles. The zero-order chi connectivity index (χ0) is 18.6. The lowest BCUT2D eigenvalue weighted by molar-refractivity contribution is -0.114. The number of thioether (sulfide) groups is 1. The van der Waals surface area contributed by atoms with Gasteiger partial charge in [0.1, 0.15) is 23.3 Å². The Morgan fingerprint density at radius 2 is 1.89 bits per heavy atom. The largest absolute Gasteiger partial charge is 0.489 e. The van der Waals surface area contributed by atoms with Crippen molar-refractivity contribution in [3.63, 3.8) is 0 Å². The van der Waals surface area contributed by atoms with E-state index in [1.165, 1.54) is 23.1 Å². The lowest BCUT2D eigenvalue weighted by atomic mass is 10.1. The van der Waals surface area contributed by atoms with E-state index in [0.717, 1.165) is 16.9 Å². The number of Topliss-reactive ketones (excluding diaryl/α,β-unsaturated/α-hetero) is 1. The molecule has 134 valence electrons. The number of ketones is 1. The van der Waals surface area contributed by atoms with Crippen LogP contribution in [0.25, 0.3) is 6.08 Å². The summed E-state index contributed by atoms with van der Waals surface area (Å²) in [5.41, 5.74) is 2.02. The molecule has 4 nitrogen and oxygen atoms in total. The second-order valence-electron chi connectivity index (χ2n) is 5.99. The van der Waals surface area contributed by atoms with E-state index in [2.05, 4.69) is 4.98 Å². The number of allylic oxidation sites excluding steroid dienone is 1. The number of ether oxygens (including phenoxy) is 1. The van der Waals surface area contributed by atoms with Gasteiger partial charge >= 0.3 is 0 Å². The lowest BCUT2D eigenvalue weighted by Gasteiger charge is -2.06. The van der Waals surface area contributed by atoms with E-state index in [1.54, 1.807) is 6.20 Å². The Morgan fingerprint density at radius 1 is 1.11 bits per heavy atom. The van der Waals surface area contributed by atoms with Crippen molar-refractivity contribution in [2.24, 2.45) is 0 Å². The van der Waals surface area contributed by atoms with Crippen molar-refractivity contribution in [2.45, 2.75) is 12.5 Å². The number of hydrogen-bond acceptors (Lipinski definition) is 6. The molecule has 1 N–H and O–H groups in total. The highest BCUT2D eigenvalue weighted by molar-refractivity contribution is 8.19. The number of nitrogens with one attached hydrogen (secondary N) is 1. The summed E-state index contributed by atoms with van der Waals surface area (Å²) in [7, 11) is 0. The fourth-order valence-electron chi connectivity index (χ4n) is 2.74. The smallest absolute Gasteiger partial charge is 0.186 e. The monoisotopic (exact) mass is 392 g/mol. The molecule has 2 heterocycles. The molecule has 4 rings (SSSR count). The highest BCUT2D eigenvalue weighted by Crippen LogP contribution is 2.41. The molecular formula is C21H16N2O2S2. The molecule has 0 spiro atoms. The fourth-order valence-corrected chi connectivity index (χ4v) is 4.55. The summed E-state index contributed by atoms with van der Waals surface area (Å²) in [4.78, 5) is 17.4. The third kappa shape index (κ3) is 4.02. The number of rotatable bonds is 5. The number of hydrogen-bond donors (Lipinski definition) is 1. The molecule has 1 aromatic heterocycles. The minimum Gasteiger partial charge on any atom is -0.489 e. The van der Waals surface area contributed by atoms with Gasteiger partial charge in [-0.25, -0.2) is 4.98 Å². The van der Waals surface area contributed by atoms with Gasteiger partial charge in [0.15, 0.2) is 5.78 Å². The van der Waals surface area contributed by atoms with Gasteiger partial charge in [-0.15, -0.1) is 11.3 Å². The van der Waals surface area contributed by atoms with Crippen LogP contribution >= 0.6 is 23.1 Å². The second kappa shape index (κ2) is 7.90. The molecule has 0 amide bonds. The van der Waals surface area contributed by atoms with Crippen molar-refractivity contribution in [3.05, 3.63) is 87.2 Å². The second-order valence-corrected chi connectivity index (χ2v) is 8.00. The zero-order valence-corrected chi connectivity index (χ0v) is 15.9. The first-order chi connectivity index (χ1) is 13.2. The maximum absolute atomic E-state index is 12.7. The Labute approximate surface area is 165 Å². The van der Waals surface area contributed by atoms with Gasteiger partial charge in [-0.1, -0.05) is 54.2 Å². The SMILES string of the molecule is N=C1S/C(=C\c2ccc(OCc3ccccc3)cc2)C(=O)[C@H]1c1nccs1. The maximum atomic E-state index is 12.7. The number of carbonyl (C=O) groups is 1. The molecule has 1 aliphatic heterocycles. The molecule has 1 saturated heterocycles. The van der Waals surface area contributed by atoms with Crippen molar-refractivity contribution in [2.75, 3.05) is 0 Å². The minimum absolute atomic E-state index is 0.0515. The van der Waals surface area contributed by atoms with Gasteiger partial charge in [-0.3, -0.25) is 10.2 Å². The van der Waals surface area contributed by atoms with E-state index in [0.29, 0.717) is 21.6 Å². The predicted molar refractivity (Wildman–Crippen MR) is 110 cm³/mol. The maximum Gasteiger partial charge on any atom is 0.186 e. The first-order valence-electron chi connectivity index (χ1n) is 8.39. The third-order valence-corrected chi connectivity index (χ3v) is 5.95.